The van der Waals surface area contributed by atoms with Crippen molar-refractivity contribution in [3.63, 3.8) is 0 Å². The van der Waals surface area contributed by atoms with Crippen molar-refractivity contribution in [3.8, 4) is 6.07 Å². The standard InChI is InChI=1S/C13H13N3S/c1-9-5-11(7-14)6-13(15-9)16-10(2)12-3-4-17-8-12/h3-6,8,10H,1-2H3,(H,15,16). The highest BCUT2D eigenvalue weighted by atomic mass is 32.1. The van der Waals surface area contributed by atoms with Crippen LogP contribution in [0.25, 0.3) is 0 Å². The zero-order valence-corrected chi connectivity index (χ0v) is 10.6. The predicted molar refractivity (Wildman–Crippen MR) is 70.0 cm³/mol. The first-order chi connectivity index (χ1) is 8.19. The molecule has 0 aromatic carbocycles. The summed E-state index contributed by atoms with van der Waals surface area (Å²) in [5.74, 6) is 0.750. The van der Waals surface area contributed by atoms with Gasteiger partial charge in [0.05, 0.1) is 17.7 Å². The van der Waals surface area contributed by atoms with Crippen molar-refractivity contribution >= 4 is 17.2 Å². The van der Waals surface area contributed by atoms with Gasteiger partial charge in [-0.2, -0.15) is 16.6 Å². The summed E-state index contributed by atoms with van der Waals surface area (Å²) < 4.78 is 0. The van der Waals surface area contributed by atoms with E-state index < -0.39 is 0 Å². The molecule has 2 heterocycles. The summed E-state index contributed by atoms with van der Waals surface area (Å²) in [6.45, 7) is 3.97. The number of hydrogen-bond acceptors (Lipinski definition) is 4. The second-order valence-corrected chi connectivity index (χ2v) is 4.70. The number of nitrogens with one attached hydrogen (secondary N) is 1. The highest BCUT2D eigenvalue weighted by Gasteiger charge is 2.07. The number of pyridine rings is 1. The molecular formula is C13H13N3S. The molecule has 0 amide bonds. The van der Waals surface area contributed by atoms with Crippen LogP contribution in [0.2, 0.25) is 0 Å². The second-order valence-electron chi connectivity index (χ2n) is 3.92. The first-order valence-electron chi connectivity index (χ1n) is 5.36. The van der Waals surface area contributed by atoms with Gasteiger partial charge in [0.1, 0.15) is 5.82 Å². The number of nitrogens with zero attached hydrogens (tertiary/aromatic N) is 2. The van der Waals surface area contributed by atoms with Crippen LogP contribution in [-0.4, -0.2) is 4.98 Å². The van der Waals surface area contributed by atoms with Crippen LogP contribution in [0, 0.1) is 18.3 Å². The number of hydrogen-bond donors (Lipinski definition) is 1. The predicted octanol–water partition coefficient (Wildman–Crippen LogP) is 3.50. The number of anilines is 1. The minimum absolute atomic E-state index is 0.196. The Morgan fingerprint density at radius 1 is 1.47 bits per heavy atom. The fraction of sp³-hybridized carbons (Fsp3) is 0.231. The van der Waals surface area contributed by atoms with Gasteiger partial charge in [-0.25, -0.2) is 4.98 Å². The second kappa shape index (κ2) is 4.98. The van der Waals surface area contributed by atoms with Crippen molar-refractivity contribution in [3.05, 3.63) is 45.8 Å². The number of aryl methyl sites for hydroxylation is 1. The fourth-order valence-corrected chi connectivity index (χ4v) is 2.39. The van der Waals surface area contributed by atoms with Crippen molar-refractivity contribution in [1.29, 1.82) is 5.26 Å². The molecule has 2 aromatic rings. The zero-order valence-electron chi connectivity index (χ0n) is 9.77. The normalized spacial score (nSPS) is 11.8. The Bertz CT molecular complexity index is 540. The van der Waals surface area contributed by atoms with Gasteiger partial charge in [-0.15, -0.1) is 0 Å². The molecule has 0 bridgehead atoms. The number of nitriles is 1. The highest BCUT2D eigenvalue weighted by Crippen LogP contribution is 2.20. The first-order valence-corrected chi connectivity index (χ1v) is 6.31. The molecule has 86 valence electrons. The molecule has 2 rings (SSSR count). The molecule has 0 fully saturated rings. The number of rotatable bonds is 3. The van der Waals surface area contributed by atoms with Gasteiger partial charge in [0.2, 0.25) is 0 Å². The summed E-state index contributed by atoms with van der Waals surface area (Å²) in [5.41, 5.74) is 2.72. The monoisotopic (exact) mass is 243 g/mol. The van der Waals surface area contributed by atoms with E-state index in [0.29, 0.717) is 5.56 Å². The molecule has 0 aliphatic heterocycles. The third kappa shape index (κ3) is 2.83. The Morgan fingerprint density at radius 3 is 2.94 bits per heavy atom. The maximum absolute atomic E-state index is 8.90. The molecule has 3 nitrogen and oxygen atoms in total. The fourth-order valence-electron chi connectivity index (χ4n) is 1.63. The van der Waals surface area contributed by atoms with Crippen molar-refractivity contribution < 1.29 is 0 Å². The molecule has 0 radical (unpaired) electrons. The number of thiophene rings is 1. The molecule has 17 heavy (non-hydrogen) atoms. The average molecular weight is 243 g/mol. The average Bonchev–Trinajstić information content (AvgIpc) is 2.81. The van der Waals surface area contributed by atoms with Gasteiger partial charge in [0.15, 0.2) is 0 Å². The largest absolute Gasteiger partial charge is 0.363 e. The van der Waals surface area contributed by atoms with E-state index in [1.54, 1.807) is 23.5 Å². The molecule has 0 spiro atoms. The van der Waals surface area contributed by atoms with Crippen molar-refractivity contribution in [2.24, 2.45) is 0 Å². The van der Waals surface area contributed by atoms with Crippen LogP contribution in [0.3, 0.4) is 0 Å². The highest BCUT2D eigenvalue weighted by molar-refractivity contribution is 7.07. The topological polar surface area (TPSA) is 48.7 Å². The van der Waals surface area contributed by atoms with Crippen molar-refractivity contribution in [1.82, 2.24) is 4.98 Å². The maximum atomic E-state index is 8.90. The van der Waals surface area contributed by atoms with E-state index in [4.69, 9.17) is 5.26 Å². The van der Waals surface area contributed by atoms with E-state index in [2.05, 4.69) is 40.1 Å². The van der Waals surface area contributed by atoms with Crippen LogP contribution in [0.15, 0.2) is 29.0 Å². The quantitative estimate of drug-likeness (QED) is 0.897. The van der Waals surface area contributed by atoms with Crippen LogP contribution in [0.1, 0.15) is 29.8 Å². The zero-order chi connectivity index (χ0) is 12.3. The minimum Gasteiger partial charge on any atom is -0.363 e. The smallest absolute Gasteiger partial charge is 0.127 e. The summed E-state index contributed by atoms with van der Waals surface area (Å²) in [6.07, 6.45) is 0. The third-order valence-corrected chi connectivity index (χ3v) is 3.19. The lowest BCUT2D eigenvalue weighted by molar-refractivity contribution is 0.877. The third-order valence-electron chi connectivity index (χ3n) is 2.49. The molecule has 0 saturated carbocycles. The van der Waals surface area contributed by atoms with Gasteiger partial charge in [-0.1, -0.05) is 0 Å². The summed E-state index contributed by atoms with van der Waals surface area (Å²) >= 11 is 1.68. The Kier molecular flexibility index (Phi) is 3.40. The SMILES string of the molecule is Cc1cc(C#N)cc(NC(C)c2ccsc2)n1. The molecule has 0 aliphatic rings. The summed E-state index contributed by atoms with van der Waals surface area (Å²) in [5, 5.41) is 16.4. The van der Waals surface area contributed by atoms with E-state index in [0.717, 1.165) is 11.5 Å². The van der Waals surface area contributed by atoms with E-state index >= 15 is 0 Å². The molecule has 4 heteroatoms. The summed E-state index contributed by atoms with van der Waals surface area (Å²) in [4.78, 5) is 4.37. The molecule has 2 aromatic heterocycles. The van der Waals surface area contributed by atoms with Crippen LogP contribution in [0.5, 0.6) is 0 Å². The molecular weight excluding hydrogens is 230 g/mol. The van der Waals surface area contributed by atoms with E-state index in [1.165, 1.54) is 5.56 Å². The first kappa shape index (κ1) is 11.6. The van der Waals surface area contributed by atoms with Crippen LogP contribution in [-0.2, 0) is 0 Å². The molecule has 0 aliphatic carbocycles. The Balaban J connectivity index is 2.19. The molecule has 1 atom stereocenters. The van der Waals surface area contributed by atoms with Gasteiger partial charge in [-0.3, -0.25) is 0 Å². The maximum Gasteiger partial charge on any atom is 0.127 e. The van der Waals surface area contributed by atoms with E-state index in [9.17, 15) is 0 Å². The summed E-state index contributed by atoms with van der Waals surface area (Å²) in [6, 6.07) is 7.97. The molecule has 1 unspecified atom stereocenters. The van der Waals surface area contributed by atoms with Gasteiger partial charge in [0.25, 0.3) is 0 Å². The summed E-state index contributed by atoms with van der Waals surface area (Å²) in [7, 11) is 0. The van der Waals surface area contributed by atoms with Crippen molar-refractivity contribution in [2.45, 2.75) is 19.9 Å². The van der Waals surface area contributed by atoms with Gasteiger partial charge >= 0.3 is 0 Å². The van der Waals surface area contributed by atoms with E-state index in [-0.39, 0.29) is 6.04 Å². The van der Waals surface area contributed by atoms with Crippen LogP contribution < -0.4 is 5.32 Å². The lowest BCUT2D eigenvalue weighted by Gasteiger charge is -2.13. The van der Waals surface area contributed by atoms with Crippen LogP contribution in [0.4, 0.5) is 5.82 Å². The Labute approximate surface area is 105 Å². The Morgan fingerprint density at radius 2 is 2.29 bits per heavy atom. The van der Waals surface area contributed by atoms with Crippen LogP contribution >= 0.6 is 11.3 Å². The van der Waals surface area contributed by atoms with Gasteiger partial charge in [-0.05, 0) is 48.4 Å². The lowest BCUT2D eigenvalue weighted by atomic mass is 10.2. The minimum atomic E-state index is 0.196. The number of aromatic nitrogens is 1. The van der Waals surface area contributed by atoms with Gasteiger partial charge in [0, 0.05) is 5.69 Å². The molecule has 1 N–H and O–H groups in total. The molecule has 0 saturated heterocycles. The van der Waals surface area contributed by atoms with Gasteiger partial charge < -0.3 is 5.32 Å². The van der Waals surface area contributed by atoms with Crippen molar-refractivity contribution in [2.75, 3.05) is 5.32 Å². The Hall–Kier alpha value is -1.86. The lowest BCUT2D eigenvalue weighted by Crippen LogP contribution is -2.07. The van der Waals surface area contributed by atoms with E-state index in [1.807, 2.05) is 6.92 Å².